The molecule has 0 aromatic heterocycles. The topological polar surface area (TPSA) is 119 Å². The van der Waals surface area contributed by atoms with Crippen molar-refractivity contribution < 1.29 is 31.7 Å². The first-order valence-electron chi connectivity index (χ1n) is 11.8. The predicted octanol–water partition coefficient (Wildman–Crippen LogP) is 4.44. The van der Waals surface area contributed by atoms with Gasteiger partial charge in [0.05, 0.1) is 12.3 Å². The first-order valence-corrected chi connectivity index (χ1v) is 13.2. The number of amides is 4. The predicted molar refractivity (Wildman–Crippen MR) is 142 cm³/mol. The number of hydrogen-bond donors (Lipinski definition) is 1. The zero-order chi connectivity index (χ0) is 27.6. The van der Waals surface area contributed by atoms with Gasteiger partial charge in [0, 0.05) is 0 Å². The number of anilines is 1. The van der Waals surface area contributed by atoms with Gasteiger partial charge in [0.15, 0.2) is 11.5 Å². The maximum absolute atomic E-state index is 13.3. The van der Waals surface area contributed by atoms with Gasteiger partial charge in [0.2, 0.25) is 0 Å². The lowest BCUT2D eigenvalue weighted by Gasteiger charge is -2.28. The van der Waals surface area contributed by atoms with Crippen LogP contribution in [0.5, 0.6) is 11.5 Å². The van der Waals surface area contributed by atoms with Crippen LogP contribution >= 0.6 is 0 Å². The highest BCUT2D eigenvalue weighted by Gasteiger charge is 2.37. The van der Waals surface area contributed by atoms with E-state index in [4.69, 9.17) is 8.92 Å². The van der Waals surface area contributed by atoms with Crippen LogP contribution in [0.4, 0.5) is 10.5 Å². The van der Waals surface area contributed by atoms with Gasteiger partial charge in [-0.3, -0.25) is 14.9 Å². The molecular formula is C28H26N2O7S. The third kappa shape index (κ3) is 5.30. The highest BCUT2D eigenvalue weighted by atomic mass is 32.2. The summed E-state index contributed by atoms with van der Waals surface area (Å²) in [7, 11) is -4.14. The van der Waals surface area contributed by atoms with E-state index in [1.165, 1.54) is 36.4 Å². The molecule has 4 rings (SSSR count). The van der Waals surface area contributed by atoms with E-state index in [1.807, 2.05) is 19.9 Å². The number of ether oxygens (including phenoxy) is 1. The molecule has 1 aliphatic heterocycles. The second-order valence-electron chi connectivity index (χ2n) is 8.67. The molecule has 1 saturated heterocycles. The highest BCUT2D eigenvalue weighted by Crippen LogP contribution is 2.33. The Kier molecular flexibility index (Phi) is 7.36. The van der Waals surface area contributed by atoms with Crippen molar-refractivity contribution in [1.29, 1.82) is 0 Å². The second-order valence-corrected chi connectivity index (χ2v) is 10.2. The number of carbonyl (C=O) groups is 3. The normalized spacial score (nSPS) is 15.0. The van der Waals surface area contributed by atoms with Crippen molar-refractivity contribution in [3.8, 4) is 11.5 Å². The highest BCUT2D eigenvalue weighted by molar-refractivity contribution is 7.87. The van der Waals surface area contributed by atoms with Gasteiger partial charge in [0.25, 0.3) is 11.8 Å². The molecule has 0 unspecified atom stereocenters. The van der Waals surface area contributed by atoms with Crippen LogP contribution in [-0.4, -0.2) is 32.9 Å². The van der Waals surface area contributed by atoms with Gasteiger partial charge in [0.1, 0.15) is 10.5 Å². The summed E-state index contributed by atoms with van der Waals surface area (Å²) in [6.07, 6.45) is 1.31. The molecular weight excluding hydrogens is 508 g/mol. The lowest BCUT2D eigenvalue weighted by molar-refractivity contribution is -0.122. The Morgan fingerprint density at radius 3 is 2.32 bits per heavy atom. The van der Waals surface area contributed by atoms with Crippen LogP contribution in [0.25, 0.3) is 6.08 Å². The summed E-state index contributed by atoms with van der Waals surface area (Å²) in [6.45, 7) is 7.39. The zero-order valence-electron chi connectivity index (χ0n) is 21.3. The number of aryl methyl sites for hydroxylation is 2. The standard InChI is InChI=1S/C28H26N2O7S/c1-5-36-25-16-20(11-14-24(25)37-38(34,35)21-12-9-17(2)10-13-21)15-22-26(31)29-28(33)30(27(22)32)23-8-6-7-18(3)19(23)4/h6-16H,5H2,1-4H3,(H,29,31,33)/b22-15+. The molecule has 196 valence electrons. The summed E-state index contributed by atoms with van der Waals surface area (Å²) in [5.41, 5.74) is 2.96. The summed E-state index contributed by atoms with van der Waals surface area (Å²) < 4.78 is 36.5. The van der Waals surface area contributed by atoms with Crippen LogP contribution < -0.4 is 19.1 Å². The number of urea groups is 1. The number of hydrogen-bond acceptors (Lipinski definition) is 7. The van der Waals surface area contributed by atoms with Crippen molar-refractivity contribution in [1.82, 2.24) is 5.32 Å². The summed E-state index contributed by atoms with van der Waals surface area (Å²) >= 11 is 0. The maximum atomic E-state index is 13.3. The molecule has 0 bridgehead atoms. The molecule has 0 atom stereocenters. The smallest absolute Gasteiger partial charge is 0.339 e. The van der Waals surface area contributed by atoms with E-state index in [1.54, 1.807) is 38.1 Å². The summed E-state index contributed by atoms with van der Waals surface area (Å²) in [5, 5.41) is 2.20. The van der Waals surface area contributed by atoms with E-state index in [-0.39, 0.29) is 28.6 Å². The van der Waals surface area contributed by atoms with Gasteiger partial charge in [-0.2, -0.15) is 8.42 Å². The van der Waals surface area contributed by atoms with E-state index in [0.29, 0.717) is 11.3 Å². The van der Waals surface area contributed by atoms with E-state index < -0.39 is 28.0 Å². The third-order valence-corrected chi connectivity index (χ3v) is 7.25. The van der Waals surface area contributed by atoms with Crippen molar-refractivity contribution in [3.05, 3.63) is 88.5 Å². The summed E-state index contributed by atoms with van der Waals surface area (Å²) in [4.78, 5) is 39.4. The molecule has 10 heteroatoms. The number of carbonyl (C=O) groups excluding carboxylic acids is 3. The second kappa shape index (κ2) is 10.5. The van der Waals surface area contributed by atoms with Crippen molar-refractivity contribution in [2.45, 2.75) is 32.6 Å². The van der Waals surface area contributed by atoms with E-state index >= 15 is 0 Å². The van der Waals surface area contributed by atoms with Crippen LogP contribution in [0.1, 0.15) is 29.2 Å². The Morgan fingerprint density at radius 1 is 0.921 bits per heavy atom. The fraction of sp³-hybridized carbons (Fsp3) is 0.179. The quantitative estimate of drug-likeness (QED) is 0.270. The number of benzene rings is 3. The van der Waals surface area contributed by atoms with Gasteiger partial charge in [-0.15, -0.1) is 0 Å². The Balaban J connectivity index is 1.69. The first kappa shape index (κ1) is 26.6. The molecule has 4 amide bonds. The van der Waals surface area contributed by atoms with E-state index in [2.05, 4.69) is 5.32 Å². The number of barbiturate groups is 1. The minimum absolute atomic E-state index is 0.0163. The van der Waals surface area contributed by atoms with Crippen LogP contribution in [-0.2, 0) is 19.7 Å². The molecule has 1 aliphatic rings. The molecule has 1 fully saturated rings. The summed E-state index contributed by atoms with van der Waals surface area (Å²) in [5.74, 6) is -1.58. The van der Waals surface area contributed by atoms with Crippen LogP contribution in [0.2, 0.25) is 0 Å². The van der Waals surface area contributed by atoms with Gasteiger partial charge >= 0.3 is 16.1 Å². The summed E-state index contributed by atoms with van der Waals surface area (Å²) in [6, 6.07) is 14.9. The Hall–Kier alpha value is -4.44. The average molecular weight is 535 g/mol. The van der Waals surface area contributed by atoms with Crippen molar-refractivity contribution in [2.24, 2.45) is 0 Å². The zero-order valence-corrected chi connectivity index (χ0v) is 22.1. The minimum Gasteiger partial charge on any atom is -0.490 e. The number of nitrogens with one attached hydrogen (secondary N) is 1. The Labute approximate surface area is 220 Å². The van der Waals surface area contributed by atoms with E-state index in [9.17, 15) is 22.8 Å². The number of nitrogens with zero attached hydrogens (tertiary/aromatic N) is 1. The molecule has 0 saturated carbocycles. The molecule has 3 aromatic carbocycles. The number of imide groups is 2. The molecule has 3 aromatic rings. The van der Waals surface area contributed by atoms with Crippen LogP contribution in [0, 0.1) is 20.8 Å². The molecule has 0 radical (unpaired) electrons. The van der Waals surface area contributed by atoms with Crippen LogP contribution in [0.15, 0.2) is 71.1 Å². The first-order chi connectivity index (χ1) is 18.0. The minimum atomic E-state index is -4.14. The fourth-order valence-corrected chi connectivity index (χ4v) is 4.78. The molecule has 38 heavy (non-hydrogen) atoms. The molecule has 0 aliphatic carbocycles. The SMILES string of the molecule is CCOc1cc(/C=C2\C(=O)NC(=O)N(c3cccc(C)c3C)C2=O)ccc1OS(=O)(=O)c1ccc(C)cc1. The molecule has 0 spiro atoms. The monoisotopic (exact) mass is 534 g/mol. The molecule has 1 N–H and O–H groups in total. The maximum Gasteiger partial charge on any atom is 0.339 e. The van der Waals surface area contributed by atoms with Gasteiger partial charge in [-0.1, -0.05) is 35.9 Å². The van der Waals surface area contributed by atoms with Gasteiger partial charge in [-0.25, -0.2) is 9.69 Å². The average Bonchev–Trinajstić information content (AvgIpc) is 2.86. The van der Waals surface area contributed by atoms with Crippen molar-refractivity contribution in [2.75, 3.05) is 11.5 Å². The van der Waals surface area contributed by atoms with Gasteiger partial charge < -0.3 is 8.92 Å². The Bertz CT molecular complexity index is 1580. The van der Waals surface area contributed by atoms with Gasteiger partial charge in [-0.05, 0) is 80.8 Å². The number of rotatable bonds is 7. The largest absolute Gasteiger partial charge is 0.490 e. The molecule has 9 nitrogen and oxygen atoms in total. The third-order valence-electron chi connectivity index (χ3n) is 6.01. The fourth-order valence-electron chi connectivity index (χ4n) is 3.84. The van der Waals surface area contributed by atoms with E-state index in [0.717, 1.165) is 21.6 Å². The van der Waals surface area contributed by atoms with Crippen molar-refractivity contribution in [3.63, 3.8) is 0 Å². The lowest BCUT2D eigenvalue weighted by atomic mass is 10.0. The molecule has 1 heterocycles. The van der Waals surface area contributed by atoms with Crippen LogP contribution in [0.3, 0.4) is 0 Å². The Morgan fingerprint density at radius 2 is 1.63 bits per heavy atom. The lowest BCUT2D eigenvalue weighted by Crippen LogP contribution is -2.54. The van der Waals surface area contributed by atoms with Crippen molar-refractivity contribution >= 4 is 39.7 Å².